The maximum atomic E-state index is 5.87. The minimum Gasteiger partial charge on any atom is -0.373 e. The number of anilines is 1. The minimum absolute atomic E-state index is 0.400. The fourth-order valence-corrected chi connectivity index (χ4v) is 2.34. The molecule has 0 saturated carbocycles. The number of aromatic nitrogens is 2. The molecule has 4 nitrogen and oxygen atoms in total. The monoisotopic (exact) mass is 265 g/mol. The standard InChI is InChI=1S/C15H27N3O/c1-8-15(6,19-9-2)14-17-11(5)12(10(3)4)13(16-7)18-14/h10H,8-9H2,1-7H3,(H,16,17,18). The molecule has 4 heteroatoms. The Morgan fingerprint density at radius 1 is 1.26 bits per heavy atom. The van der Waals surface area contributed by atoms with Gasteiger partial charge in [-0.1, -0.05) is 20.8 Å². The lowest BCUT2D eigenvalue weighted by atomic mass is 9.99. The summed E-state index contributed by atoms with van der Waals surface area (Å²) < 4.78 is 5.87. The zero-order valence-corrected chi connectivity index (χ0v) is 13.3. The van der Waals surface area contributed by atoms with E-state index in [9.17, 15) is 0 Å². The van der Waals surface area contributed by atoms with E-state index in [0.29, 0.717) is 12.5 Å². The Hall–Kier alpha value is -1.16. The molecule has 108 valence electrons. The second-order valence-corrected chi connectivity index (χ2v) is 5.32. The van der Waals surface area contributed by atoms with Crippen LogP contribution in [0.5, 0.6) is 0 Å². The van der Waals surface area contributed by atoms with Gasteiger partial charge in [-0.3, -0.25) is 0 Å². The van der Waals surface area contributed by atoms with Crippen LogP contribution >= 0.6 is 0 Å². The van der Waals surface area contributed by atoms with Gasteiger partial charge >= 0.3 is 0 Å². The van der Waals surface area contributed by atoms with Crippen molar-refractivity contribution in [3.8, 4) is 0 Å². The third-order valence-corrected chi connectivity index (χ3v) is 3.56. The Balaban J connectivity index is 3.35. The van der Waals surface area contributed by atoms with Crippen molar-refractivity contribution in [2.75, 3.05) is 19.0 Å². The van der Waals surface area contributed by atoms with Crippen LogP contribution in [-0.4, -0.2) is 23.6 Å². The number of nitrogens with zero attached hydrogens (tertiary/aromatic N) is 2. The van der Waals surface area contributed by atoms with Gasteiger partial charge in [0.1, 0.15) is 11.4 Å². The van der Waals surface area contributed by atoms with Gasteiger partial charge in [0.25, 0.3) is 0 Å². The maximum absolute atomic E-state index is 5.87. The first-order valence-electron chi connectivity index (χ1n) is 7.10. The van der Waals surface area contributed by atoms with Crippen molar-refractivity contribution in [3.63, 3.8) is 0 Å². The van der Waals surface area contributed by atoms with E-state index >= 15 is 0 Å². The molecule has 1 rings (SSSR count). The highest BCUT2D eigenvalue weighted by molar-refractivity contribution is 5.48. The van der Waals surface area contributed by atoms with Gasteiger partial charge < -0.3 is 10.1 Å². The number of hydrogen-bond acceptors (Lipinski definition) is 4. The van der Waals surface area contributed by atoms with Crippen LogP contribution < -0.4 is 5.32 Å². The van der Waals surface area contributed by atoms with Gasteiger partial charge in [-0.25, -0.2) is 9.97 Å². The van der Waals surface area contributed by atoms with Crippen LogP contribution in [0.2, 0.25) is 0 Å². The first-order valence-corrected chi connectivity index (χ1v) is 7.10. The predicted molar refractivity (Wildman–Crippen MR) is 79.7 cm³/mol. The van der Waals surface area contributed by atoms with Gasteiger partial charge in [0.2, 0.25) is 0 Å². The molecule has 1 N–H and O–H groups in total. The third kappa shape index (κ3) is 3.24. The van der Waals surface area contributed by atoms with Crippen molar-refractivity contribution in [1.29, 1.82) is 0 Å². The summed E-state index contributed by atoms with van der Waals surface area (Å²) in [6.07, 6.45) is 0.852. The summed E-state index contributed by atoms with van der Waals surface area (Å²) >= 11 is 0. The molecule has 0 radical (unpaired) electrons. The van der Waals surface area contributed by atoms with Gasteiger partial charge in [-0.05, 0) is 33.1 Å². The number of rotatable bonds is 6. The van der Waals surface area contributed by atoms with Crippen LogP contribution in [0.25, 0.3) is 0 Å². The largest absolute Gasteiger partial charge is 0.373 e. The van der Waals surface area contributed by atoms with E-state index < -0.39 is 5.60 Å². The van der Waals surface area contributed by atoms with Crippen LogP contribution in [0.15, 0.2) is 0 Å². The van der Waals surface area contributed by atoms with E-state index in [4.69, 9.17) is 4.74 Å². The first kappa shape index (κ1) is 15.9. The molecular weight excluding hydrogens is 238 g/mol. The van der Waals surface area contributed by atoms with E-state index in [1.165, 1.54) is 5.56 Å². The van der Waals surface area contributed by atoms with Crippen LogP contribution in [0.3, 0.4) is 0 Å². The summed E-state index contributed by atoms with van der Waals surface area (Å²) in [6, 6.07) is 0. The first-order chi connectivity index (χ1) is 8.89. The van der Waals surface area contributed by atoms with Crippen LogP contribution in [0, 0.1) is 6.92 Å². The topological polar surface area (TPSA) is 47.0 Å². The highest BCUT2D eigenvalue weighted by Gasteiger charge is 2.30. The molecule has 19 heavy (non-hydrogen) atoms. The van der Waals surface area contributed by atoms with Gasteiger partial charge in [-0.2, -0.15) is 0 Å². The number of aryl methyl sites for hydroxylation is 1. The molecule has 0 spiro atoms. The van der Waals surface area contributed by atoms with E-state index in [-0.39, 0.29) is 0 Å². The van der Waals surface area contributed by atoms with Gasteiger partial charge in [0.05, 0.1) is 0 Å². The molecule has 1 aromatic rings. The van der Waals surface area contributed by atoms with E-state index in [0.717, 1.165) is 23.8 Å². The Morgan fingerprint density at radius 2 is 1.89 bits per heavy atom. The van der Waals surface area contributed by atoms with Crippen molar-refractivity contribution >= 4 is 5.82 Å². The highest BCUT2D eigenvalue weighted by Crippen LogP contribution is 2.31. The average Bonchev–Trinajstić information content (AvgIpc) is 2.37. The normalized spacial score (nSPS) is 14.5. The van der Waals surface area contributed by atoms with Crippen LogP contribution in [0.1, 0.15) is 64.0 Å². The molecule has 1 unspecified atom stereocenters. The molecule has 1 heterocycles. The molecular formula is C15H27N3O. The Bertz CT molecular complexity index is 432. The molecule has 1 atom stereocenters. The molecule has 0 aliphatic rings. The Labute approximate surface area is 117 Å². The maximum Gasteiger partial charge on any atom is 0.162 e. The molecule has 0 fully saturated rings. The summed E-state index contributed by atoms with van der Waals surface area (Å²) in [5.74, 6) is 2.08. The summed E-state index contributed by atoms with van der Waals surface area (Å²) in [7, 11) is 1.90. The van der Waals surface area contributed by atoms with Crippen molar-refractivity contribution in [2.24, 2.45) is 0 Å². The van der Waals surface area contributed by atoms with Crippen molar-refractivity contribution in [2.45, 2.75) is 59.5 Å². The second kappa shape index (κ2) is 6.33. The van der Waals surface area contributed by atoms with E-state index in [1.807, 2.05) is 20.9 Å². The molecule has 0 aromatic carbocycles. The van der Waals surface area contributed by atoms with Crippen molar-refractivity contribution in [1.82, 2.24) is 9.97 Å². The lowest BCUT2D eigenvalue weighted by Crippen LogP contribution is -2.29. The number of ether oxygens (including phenoxy) is 1. The number of hydrogen-bond donors (Lipinski definition) is 1. The minimum atomic E-state index is -0.416. The average molecular weight is 265 g/mol. The van der Waals surface area contributed by atoms with E-state index in [1.54, 1.807) is 0 Å². The SMILES string of the molecule is CCOC(C)(CC)c1nc(C)c(C(C)C)c(NC)n1. The van der Waals surface area contributed by atoms with Crippen LogP contribution in [-0.2, 0) is 10.3 Å². The van der Waals surface area contributed by atoms with E-state index in [2.05, 4.69) is 43.0 Å². The summed E-state index contributed by atoms with van der Waals surface area (Å²) in [4.78, 5) is 9.38. The molecule has 0 bridgehead atoms. The molecule has 0 saturated heterocycles. The lowest BCUT2D eigenvalue weighted by Gasteiger charge is -2.28. The number of nitrogens with one attached hydrogen (secondary N) is 1. The summed E-state index contributed by atoms with van der Waals surface area (Å²) in [5, 5.41) is 3.19. The van der Waals surface area contributed by atoms with Crippen molar-refractivity contribution < 1.29 is 4.74 Å². The van der Waals surface area contributed by atoms with Gasteiger partial charge in [0.15, 0.2) is 5.82 Å². The molecule has 1 aromatic heterocycles. The Morgan fingerprint density at radius 3 is 2.32 bits per heavy atom. The van der Waals surface area contributed by atoms with Crippen LogP contribution in [0.4, 0.5) is 5.82 Å². The quantitative estimate of drug-likeness (QED) is 0.853. The summed E-state index contributed by atoms with van der Waals surface area (Å²) in [5.41, 5.74) is 1.80. The fourth-order valence-electron chi connectivity index (χ4n) is 2.34. The Kier molecular flexibility index (Phi) is 5.29. The van der Waals surface area contributed by atoms with Crippen molar-refractivity contribution in [3.05, 3.63) is 17.1 Å². The molecule has 0 aliphatic carbocycles. The van der Waals surface area contributed by atoms with Gasteiger partial charge in [-0.15, -0.1) is 0 Å². The highest BCUT2D eigenvalue weighted by atomic mass is 16.5. The lowest BCUT2D eigenvalue weighted by molar-refractivity contribution is -0.0390. The molecule has 0 aliphatic heterocycles. The molecule has 0 amide bonds. The predicted octanol–water partition coefficient (Wildman–Crippen LogP) is 3.61. The third-order valence-electron chi connectivity index (χ3n) is 3.56. The second-order valence-electron chi connectivity index (χ2n) is 5.32. The van der Waals surface area contributed by atoms with Gasteiger partial charge in [0, 0.05) is 24.9 Å². The fraction of sp³-hybridized carbons (Fsp3) is 0.733. The smallest absolute Gasteiger partial charge is 0.162 e. The zero-order chi connectivity index (χ0) is 14.6. The zero-order valence-electron chi connectivity index (χ0n) is 13.3. The summed E-state index contributed by atoms with van der Waals surface area (Å²) in [6.45, 7) is 13.2.